The fourth-order valence-electron chi connectivity index (χ4n) is 5.08. The molecule has 3 rings (SSSR count). The number of anilines is 1. The second kappa shape index (κ2) is 11.0. The first kappa shape index (κ1) is 25.7. The van der Waals surface area contributed by atoms with Crippen LogP contribution in [0.15, 0.2) is 30.3 Å². The third-order valence-corrected chi connectivity index (χ3v) is 8.05. The molecular weight excluding hydrogens is 470 g/mol. The van der Waals surface area contributed by atoms with Gasteiger partial charge < -0.3 is 0 Å². The molecule has 2 radical (unpaired) electrons. The Hall–Kier alpha value is -1.89. The Bertz CT molecular complexity index is 994. The van der Waals surface area contributed by atoms with Gasteiger partial charge in [0, 0.05) is 0 Å². The van der Waals surface area contributed by atoms with Gasteiger partial charge in [-0.05, 0) is 0 Å². The number of hydrogen-bond donors (Lipinski definition) is 2. The summed E-state index contributed by atoms with van der Waals surface area (Å²) in [5.41, 5.74) is 3.99. The van der Waals surface area contributed by atoms with Crippen LogP contribution in [-0.2, 0) is 5.54 Å². The van der Waals surface area contributed by atoms with E-state index in [2.05, 4.69) is 44.4 Å². The topological polar surface area (TPSA) is 59.6 Å². The molecule has 0 saturated heterocycles. The van der Waals surface area contributed by atoms with Crippen molar-refractivity contribution in [2.75, 3.05) is 19.5 Å². The zero-order chi connectivity index (χ0) is 24.2. The van der Waals surface area contributed by atoms with Gasteiger partial charge in [0.1, 0.15) is 0 Å². The first-order valence-corrected chi connectivity index (χ1v) is 13.3. The van der Waals surface area contributed by atoms with E-state index < -0.39 is 0 Å². The van der Waals surface area contributed by atoms with Crippen LogP contribution in [-0.4, -0.2) is 44.8 Å². The summed E-state index contributed by atoms with van der Waals surface area (Å²) in [5.74, 6) is 1.32. The maximum atomic E-state index is 13.1. The summed E-state index contributed by atoms with van der Waals surface area (Å²) in [6.45, 7) is 9.12. The van der Waals surface area contributed by atoms with E-state index in [1.165, 1.54) is 47.3 Å². The third kappa shape index (κ3) is 5.13. The average Bonchev–Trinajstić information content (AvgIpc) is 2.82. The predicted molar refractivity (Wildman–Crippen MR) is 136 cm³/mol. The summed E-state index contributed by atoms with van der Waals surface area (Å²) in [5, 5.41) is 7.18. The molecule has 3 atom stereocenters. The number of hydrogen-bond acceptors (Lipinski definition) is 4. The molecule has 0 heterocycles. The molecule has 0 spiro atoms. The number of methoxy groups -OCH3 is 2. The van der Waals surface area contributed by atoms with Crippen LogP contribution in [0.2, 0.25) is 0 Å². The van der Waals surface area contributed by atoms with Crippen molar-refractivity contribution in [3.8, 4) is 11.5 Å². The summed E-state index contributed by atoms with van der Waals surface area (Å²) in [7, 11) is 3.16. The fourth-order valence-corrected chi connectivity index (χ4v) is 6.24. The van der Waals surface area contributed by atoms with Crippen LogP contribution in [0.5, 0.6) is 11.5 Å². The number of unbranched alkanes of at least 4 members (excludes halogenated alkanes) is 1. The Morgan fingerprint density at radius 1 is 1.09 bits per heavy atom. The molecule has 0 bridgehead atoms. The number of rotatable bonds is 11. The molecule has 0 saturated carbocycles. The first-order valence-electron chi connectivity index (χ1n) is 12.0. The van der Waals surface area contributed by atoms with E-state index in [1.54, 1.807) is 51.0 Å². The third-order valence-electron chi connectivity index (χ3n) is 7.04. The van der Waals surface area contributed by atoms with E-state index in [0.29, 0.717) is 29.0 Å². The molecule has 1 amide bonds. The standard InChI is InChI=1S/C27H37N2O3.Ga/c1-7-9-12-20(11-8-2)29-27(4)18(3)25-21(27)13-10-14-22(25)28-26(30)19-15-16-23(31-5)24(17-19)32-6;/h10,14-18,20,29H,7-9,11-12H2,1-6H3,(H,28,30);. The van der Waals surface area contributed by atoms with Gasteiger partial charge >= 0.3 is 209 Å². The average molecular weight is 507 g/mol. The van der Waals surface area contributed by atoms with E-state index in [9.17, 15) is 4.79 Å². The fraction of sp³-hybridized carbons (Fsp3) is 0.519. The number of ether oxygens (including phenoxy) is 2. The van der Waals surface area contributed by atoms with Crippen LogP contribution in [0.3, 0.4) is 0 Å². The van der Waals surface area contributed by atoms with Crippen LogP contribution in [0.25, 0.3) is 0 Å². The molecule has 1 aliphatic carbocycles. The molecular formula is C27H37GaN2O3. The van der Waals surface area contributed by atoms with E-state index in [0.717, 1.165) is 5.69 Å². The Morgan fingerprint density at radius 2 is 1.82 bits per heavy atom. The number of benzene rings is 2. The van der Waals surface area contributed by atoms with Gasteiger partial charge in [-0.3, -0.25) is 0 Å². The van der Waals surface area contributed by atoms with Crippen molar-refractivity contribution in [2.24, 2.45) is 0 Å². The summed E-state index contributed by atoms with van der Waals surface area (Å²) < 4.78 is 12.0. The number of fused-ring (bicyclic) bond motifs is 1. The molecule has 3 unspecified atom stereocenters. The second-order valence-corrected chi connectivity index (χ2v) is 10.5. The Kier molecular flexibility index (Phi) is 8.59. The van der Waals surface area contributed by atoms with Crippen molar-refractivity contribution < 1.29 is 14.3 Å². The van der Waals surface area contributed by atoms with Crippen molar-refractivity contribution in [1.29, 1.82) is 0 Å². The molecule has 0 aromatic heterocycles. The zero-order valence-corrected chi connectivity index (χ0v) is 23.3. The van der Waals surface area contributed by atoms with E-state index in [-0.39, 0.29) is 11.4 Å². The predicted octanol–water partition coefficient (Wildman–Crippen LogP) is 5.03. The minimum atomic E-state index is -0.145. The van der Waals surface area contributed by atoms with Crippen molar-refractivity contribution in [1.82, 2.24) is 5.32 Å². The zero-order valence-electron chi connectivity index (χ0n) is 20.9. The van der Waals surface area contributed by atoms with Gasteiger partial charge in [-0.15, -0.1) is 0 Å². The molecule has 33 heavy (non-hydrogen) atoms. The van der Waals surface area contributed by atoms with Gasteiger partial charge in [-0.2, -0.15) is 0 Å². The molecule has 0 aliphatic heterocycles. The minimum absolute atomic E-state index is 0.0706. The summed E-state index contributed by atoms with van der Waals surface area (Å²) in [6, 6.07) is 9.96. The van der Waals surface area contributed by atoms with Crippen LogP contribution in [0.4, 0.5) is 5.69 Å². The number of nitrogens with one attached hydrogen (secondary N) is 2. The molecule has 5 nitrogen and oxygen atoms in total. The second-order valence-electron chi connectivity index (χ2n) is 9.21. The first-order chi connectivity index (χ1) is 15.8. The molecule has 6 heteroatoms. The van der Waals surface area contributed by atoms with Crippen LogP contribution in [0.1, 0.15) is 87.2 Å². The Morgan fingerprint density at radius 3 is 2.45 bits per heavy atom. The SMILES string of the molecule is CCCCC(CCC)NC1(C)c2[c]([Ga])ccc(NC(=O)c3ccc(OC)c(OC)c3)c2C1C. The molecule has 1 aliphatic rings. The van der Waals surface area contributed by atoms with Gasteiger partial charge in [0.15, 0.2) is 0 Å². The maximum absolute atomic E-state index is 13.1. The van der Waals surface area contributed by atoms with Gasteiger partial charge in [0.05, 0.1) is 0 Å². The number of carbonyl (C=O) groups is 1. The summed E-state index contributed by atoms with van der Waals surface area (Å²) in [6.07, 6.45) is 6.06. The van der Waals surface area contributed by atoms with E-state index in [1.807, 2.05) is 6.07 Å². The van der Waals surface area contributed by atoms with Crippen LogP contribution < -0.4 is 24.2 Å². The van der Waals surface area contributed by atoms with Crippen LogP contribution >= 0.6 is 0 Å². The quantitative estimate of drug-likeness (QED) is 0.419. The van der Waals surface area contributed by atoms with Gasteiger partial charge in [-0.25, -0.2) is 0 Å². The molecule has 0 fully saturated rings. The molecule has 176 valence electrons. The van der Waals surface area contributed by atoms with Crippen molar-refractivity contribution >= 4 is 34.3 Å². The molecule has 2 N–H and O–H groups in total. The van der Waals surface area contributed by atoms with E-state index in [4.69, 9.17) is 9.47 Å². The normalized spacial score (nSPS) is 19.9. The van der Waals surface area contributed by atoms with Gasteiger partial charge in [0.25, 0.3) is 0 Å². The molecule has 2 aromatic rings. The Labute approximate surface area is 208 Å². The van der Waals surface area contributed by atoms with Gasteiger partial charge in [-0.1, -0.05) is 0 Å². The van der Waals surface area contributed by atoms with Crippen molar-refractivity contribution in [2.45, 2.75) is 77.3 Å². The Balaban J connectivity index is 1.86. The van der Waals surface area contributed by atoms with E-state index >= 15 is 0 Å². The number of amides is 1. The molecule has 2 aromatic carbocycles. The van der Waals surface area contributed by atoms with Crippen molar-refractivity contribution in [3.05, 3.63) is 47.0 Å². The monoisotopic (exact) mass is 506 g/mol. The van der Waals surface area contributed by atoms with Crippen molar-refractivity contribution in [3.63, 3.8) is 0 Å². The van der Waals surface area contributed by atoms with Gasteiger partial charge in [0.2, 0.25) is 0 Å². The summed E-state index contributed by atoms with van der Waals surface area (Å²) in [4.78, 5) is 13.1. The summed E-state index contributed by atoms with van der Waals surface area (Å²) >= 11 is 1.64. The van der Waals surface area contributed by atoms with Crippen LogP contribution in [0, 0.1) is 0 Å². The number of carbonyl (C=O) groups excluding carboxylic acids is 1.